The lowest BCUT2D eigenvalue weighted by Crippen LogP contribution is -2.52. The van der Waals surface area contributed by atoms with Crippen LogP contribution in [0.4, 0.5) is 0 Å². The highest BCUT2D eigenvalue weighted by Gasteiger charge is 2.53. The number of benzene rings is 1. The van der Waals surface area contributed by atoms with Gasteiger partial charge in [-0.2, -0.15) is 0 Å². The molecule has 1 aliphatic heterocycles. The van der Waals surface area contributed by atoms with E-state index in [-0.39, 0.29) is 11.8 Å². The minimum absolute atomic E-state index is 0.0446. The smallest absolute Gasteiger partial charge is 0.257 e. The largest absolute Gasteiger partial charge is 0.472 e. The van der Waals surface area contributed by atoms with Gasteiger partial charge in [0.2, 0.25) is 5.91 Å². The molecule has 2 aromatic rings. The van der Waals surface area contributed by atoms with Crippen molar-refractivity contribution in [1.29, 1.82) is 0 Å². The summed E-state index contributed by atoms with van der Waals surface area (Å²) >= 11 is 6.10. The Balaban J connectivity index is 1.42. The molecule has 5 nitrogen and oxygen atoms in total. The van der Waals surface area contributed by atoms with E-state index in [0.29, 0.717) is 36.8 Å². The molecule has 1 saturated heterocycles. The normalized spacial score (nSPS) is 18.9. The van der Waals surface area contributed by atoms with Crippen LogP contribution in [0.1, 0.15) is 28.8 Å². The van der Waals surface area contributed by atoms with E-state index < -0.39 is 5.41 Å². The maximum Gasteiger partial charge on any atom is 0.257 e. The molecule has 2 aliphatic rings. The van der Waals surface area contributed by atoms with Crippen LogP contribution in [0.15, 0.2) is 47.3 Å². The summed E-state index contributed by atoms with van der Waals surface area (Å²) in [6.45, 7) is 2.21. The van der Waals surface area contributed by atoms with Crippen LogP contribution < -0.4 is 0 Å². The lowest BCUT2D eigenvalue weighted by Gasteiger charge is -2.36. The van der Waals surface area contributed by atoms with Crippen LogP contribution in [-0.4, -0.2) is 47.8 Å². The third kappa shape index (κ3) is 2.93. The third-order valence-electron chi connectivity index (χ3n) is 5.16. The third-order valence-corrected chi connectivity index (χ3v) is 5.39. The molecule has 0 N–H and O–H groups in total. The molecule has 0 bridgehead atoms. The summed E-state index contributed by atoms with van der Waals surface area (Å²) in [5, 5.41) is 0.659. The van der Waals surface area contributed by atoms with Crippen LogP contribution in [0, 0.1) is 0 Å². The summed E-state index contributed by atoms with van der Waals surface area (Å²) in [5.74, 6) is 0.113. The number of carbonyl (C=O) groups is 2. The molecule has 2 fully saturated rings. The van der Waals surface area contributed by atoms with Crippen LogP contribution in [0.2, 0.25) is 5.02 Å². The Bertz CT molecular complexity index is 791. The van der Waals surface area contributed by atoms with Crippen molar-refractivity contribution >= 4 is 23.4 Å². The van der Waals surface area contributed by atoms with Crippen molar-refractivity contribution in [1.82, 2.24) is 9.80 Å². The monoisotopic (exact) mass is 358 g/mol. The van der Waals surface area contributed by atoms with E-state index in [4.69, 9.17) is 16.0 Å². The molecule has 1 aliphatic carbocycles. The molecule has 1 aromatic carbocycles. The van der Waals surface area contributed by atoms with E-state index in [1.165, 1.54) is 12.5 Å². The lowest BCUT2D eigenvalue weighted by atomic mass is 9.94. The molecule has 1 aromatic heterocycles. The zero-order chi connectivity index (χ0) is 17.4. The molecular weight excluding hydrogens is 340 g/mol. The number of furan rings is 1. The van der Waals surface area contributed by atoms with Gasteiger partial charge in [0, 0.05) is 31.2 Å². The van der Waals surface area contributed by atoms with Gasteiger partial charge < -0.3 is 14.2 Å². The maximum absolute atomic E-state index is 13.1. The van der Waals surface area contributed by atoms with Crippen molar-refractivity contribution < 1.29 is 14.0 Å². The second-order valence-electron chi connectivity index (χ2n) is 6.69. The van der Waals surface area contributed by atoms with E-state index in [1.807, 2.05) is 29.2 Å². The summed E-state index contributed by atoms with van der Waals surface area (Å²) in [4.78, 5) is 29.1. The van der Waals surface area contributed by atoms with E-state index in [1.54, 1.807) is 11.0 Å². The first kappa shape index (κ1) is 16.2. The van der Waals surface area contributed by atoms with Gasteiger partial charge in [0.1, 0.15) is 6.26 Å². The van der Waals surface area contributed by atoms with Crippen LogP contribution in [0.3, 0.4) is 0 Å². The van der Waals surface area contributed by atoms with Gasteiger partial charge in [-0.3, -0.25) is 9.59 Å². The Kier molecular flexibility index (Phi) is 4.04. The van der Waals surface area contributed by atoms with Crippen LogP contribution in [-0.2, 0) is 10.2 Å². The molecule has 2 amide bonds. The standard InChI is InChI=1S/C19H19ClN2O3/c20-16-3-1-2-15(12-16)19(5-6-19)18(24)22-9-7-21(8-10-22)17(23)14-4-11-25-13-14/h1-4,11-13H,5-10H2. The molecule has 0 atom stereocenters. The predicted octanol–water partition coefficient (Wildman–Crippen LogP) is 2.95. The van der Waals surface area contributed by atoms with Gasteiger partial charge in [-0.1, -0.05) is 23.7 Å². The average Bonchev–Trinajstić information content (AvgIpc) is 3.27. The highest BCUT2D eigenvalue weighted by atomic mass is 35.5. The molecular formula is C19H19ClN2O3. The summed E-state index contributed by atoms with van der Waals surface area (Å²) in [7, 11) is 0. The van der Waals surface area contributed by atoms with E-state index in [9.17, 15) is 9.59 Å². The molecule has 4 rings (SSSR count). The highest BCUT2D eigenvalue weighted by molar-refractivity contribution is 6.30. The zero-order valence-corrected chi connectivity index (χ0v) is 14.5. The fourth-order valence-corrected chi connectivity index (χ4v) is 3.71. The maximum atomic E-state index is 13.1. The number of hydrogen-bond acceptors (Lipinski definition) is 3. The number of piperazine rings is 1. The molecule has 0 spiro atoms. The Labute approximate surface area is 151 Å². The van der Waals surface area contributed by atoms with Crippen molar-refractivity contribution in [2.24, 2.45) is 0 Å². The first-order valence-electron chi connectivity index (χ1n) is 8.47. The van der Waals surface area contributed by atoms with E-state index >= 15 is 0 Å². The van der Waals surface area contributed by atoms with Crippen molar-refractivity contribution in [3.63, 3.8) is 0 Å². The van der Waals surface area contributed by atoms with Crippen LogP contribution in [0.25, 0.3) is 0 Å². The number of carbonyl (C=O) groups excluding carboxylic acids is 2. The number of nitrogens with zero attached hydrogens (tertiary/aromatic N) is 2. The Morgan fingerprint density at radius 3 is 2.36 bits per heavy atom. The molecule has 130 valence electrons. The fraction of sp³-hybridized carbons (Fsp3) is 0.368. The number of rotatable bonds is 3. The number of halogens is 1. The number of hydrogen-bond donors (Lipinski definition) is 0. The molecule has 1 saturated carbocycles. The van der Waals surface area contributed by atoms with Crippen molar-refractivity contribution in [2.45, 2.75) is 18.3 Å². The lowest BCUT2D eigenvalue weighted by molar-refractivity contribution is -0.135. The first-order valence-corrected chi connectivity index (χ1v) is 8.85. The Morgan fingerprint density at radius 1 is 1.04 bits per heavy atom. The molecule has 2 heterocycles. The second-order valence-corrected chi connectivity index (χ2v) is 7.13. The van der Waals surface area contributed by atoms with Gasteiger partial charge in [0.05, 0.1) is 17.2 Å². The van der Waals surface area contributed by atoms with Gasteiger partial charge in [-0.05, 0) is 36.6 Å². The quantitative estimate of drug-likeness (QED) is 0.847. The van der Waals surface area contributed by atoms with Gasteiger partial charge >= 0.3 is 0 Å². The minimum Gasteiger partial charge on any atom is -0.472 e. The van der Waals surface area contributed by atoms with Crippen LogP contribution in [0.5, 0.6) is 0 Å². The highest BCUT2D eigenvalue weighted by Crippen LogP contribution is 2.50. The Morgan fingerprint density at radius 2 is 1.76 bits per heavy atom. The van der Waals surface area contributed by atoms with Gasteiger partial charge in [0.15, 0.2) is 0 Å². The second kappa shape index (κ2) is 6.23. The molecule has 25 heavy (non-hydrogen) atoms. The van der Waals surface area contributed by atoms with Crippen molar-refractivity contribution in [3.8, 4) is 0 Å². The van der Waals surface area contributed by atoms with E-state index in [2.05, 4.69) is 0 Å². The van der Waals surface area contributed by atoms with Crippen molar-refractivity contribution in [3.05, 3.63) is 59.0 Å². The van der Waals surface area contributed by atoms with Crippen molar-refractivity contribution in [2.75, 3.05) is 26.2 Å². The zero-order valence-electron chi connectivity index (χ0n) is 13.8. The fourth-order valence-electron chi connectivity index (χ4n) is 3.52. The molecule has 0 radical (unpaired) electrons. The molecule has 0 unspecified atom stereocenters. The van der Waals surface area contributed by atoms with Crippen LogP contribution >= 0.6 is 11.6 Å². The van der Waals surface area contributed by atoms with Gasteiger partial charge in [-0.25, -0.2) is 0 Å². The SMILES string of the molecule is O=C(c1ccoc1)N1CCN(C(=O)C2(c3cccc(Cl)c3)CC2)CC1. The van der Waals surface area contributed by atoms with E-state index in [0.717, 1.165) is 18.4 Å². The summed E-state index contributed by atoms with van der Waals surface area (Å²) in [5.41, 5.74) is 1.14. The Hall–Kier alpha value is -2.27. The summed E-state index contributed by atoms with van der Waals surface area (Å²) < 4.78 is 4.97. The topological polar surface area (TPSA) is 53.8 Å². The first-order chi connectivity index (χ1) is 12.1. The van der Waals surface area contributed by atoms with Gasteiger partial charge in [-0.15, -0.1) is 0 Å². The number of amides is 2. The summed E-state index contributed by atoms with van der Waals surface area (Å²) in [6, 6.07) is 9.26. The minimum atomic E-state index is -0.415. The van der Waals surface area contributed by atoms with Gasteiger partial charge in [0.25, 0.3) is 5.91 Å². The predicted molar refractivity (Wildman–Crippen MR) is 93.6 cm³/mol. The average molecular weight is 359 g/mol. The summed E-state index contributed by atoms with van der Waals surface area (Å²) in [6.07, 6.45) is 4.67. The molecule has 6 heteroatoms.